The molecule has 0 amide bonds. The first kappa shape index (κ1) is 12.3. The minimum atomic E-state index is -0.0481. The van der Waals surface area contributed by atoms with Crippen molar-refractivity contribution in [2.75, 3.05) is 33.9 Å². The molecule has 0 aromatic rings. The van der Waals surface area contributed by atoms with E-state index < -0.39 is 0 Å². The summed E-state index contributed by atoms with van der Waals surface area (Å²) in [4.78, 5) is 4.26. The van der Waals surface area contributed by atoms with Crippen molar-refractivity contribution >= 4 is 5.96 Å². The van der Waals surface area contributed by atoms with E-state index in [1.54, 1.807) is 14.2 Å². The molecule has 0 spiro atoms. The van der Waals surface area contributed by atoms with Crippen LogP contribution >= 0.6 is 0 Å². The first-order chi connectivity index (χ1) is 7.22. The molecule has 1 saturated carbocycles. The van der Waals surface area contributed by atoms with Gasteiger partial charge in [-0.15, -0.1) is 0 Å². The van der Waals surface area contributed by atoms with Gasteiger partial charge >= 0.3 is 0 Å². The number of ether oxygens (including phenoxy) is 2. The topological polar surface area (TPSA) is 68.9 Å². The molecule has 0 unspecified atom stereocenters. The van der Waals surface area contributed by atoms with Crippen LogP contribution in [0.3, 0.4) is 0 Å². The Bertz CT molecular complexity index is 209. The maximum absolute atomic E-state index is 5.68. The lowest BCUT2D eigenvalue weighted by Gasteiger charge is -2.39. The van der Waals surface area contributed by atoms with Gasteiger partial charge in [0, 0.05) is 20.8 Å². The van der Waals surface area contributed by atoms with E-state index >= 15 is 0 Å². The van der Waals surface area contributed by atoms with Crippen LogP contribution in [-0.4, -0.2) is 45.5 Å². The van der Waals surface area contributed by atoms with Gasteiger partial charge in [0.2, 0.25) is 0 Å². The van der Waals surface area contributed by atoms with Crippen molar-refractivity contribution in [1.82, 2.24) is 5.32 Å². The fourth-order valence-corrected chi connectivity index (χ4v) is 1.56. The van der Waals surface area contributed by atoms with Crippen LogP contribution in [0.25, 0.3) is 0 Å². The SMILES string of the molecule is COCCNC(N)=NCC1(OC)CCC1. The molecule has 1 rings (SSSR count). The molecule has 0 heterocycles. The normalized spacial score (nSPS) is 19.7. The number of hydrogen-bond acceptors (Lipinski definition) is 3. The highest BCUT2D eigenvalue weighted by atomic mass is 16.5. The summed E-state index contributed by atoms with van der Waals surface area (Å²) in [5.74, 6) is 0.468. The summed E-state index contributed by atoms with van der Waals surface area (Å²) in [6.45, 7) is 1.97. The zero-order valence-electron chi connectivity index (χ0n) is 9.58. The Morgan fingerprint density at radius 2 is 2.20 bits per heavy atom. The van der Waals surface area contributed by atoms with Crippen molar-refractivity contribution in [3.8, 4) is 0 Å². The van der Waals surface area contributed by atoms with Crippen LogP contribution in [0.15, 0.2) is 4.99 Å². The molecule has 1 fully saturated rings. The Morgan fingerprint density at radius 1 is 1.47 bits per heavy atom. The summed E-state index contributed by atoms with van der Waals surface area (Å²) >= 11 is 0. The standard InChI is InChI=1S/C10H21N3O2/c1-14-7-6-12-9(11)13-8-10(15-2)4-3-5-10/h3-8H2,1-2H3,(H3,11,12,13). The number of aliphatic imine (C=N–C) groups is 1. The average Bonchev–Trinajstić information content (AvgIpc) is 2.17. The van der Waals surface area contributed by atoms with Crippen LogP contribution in [0.2, 0.25) is 0 Å². The van der Waals surface area contributed by atoms with Gasteiger partial charge in [0.15, 0.2) is 5.96 Å². The van der Waals surface area contributed by atoms with Crippen molar-refractivity contribution in [3.05, 3.63) is 0 Å². The molecule has 5 nitrogen and oxygen atoms in total. The minimum Gasteiger partial charge on any atom is -0.383 e. The second-order valence-electron chi connectivity index (χ2n) is 3.86. The molecular weight excluding hydrogens is 194 g/mol. The lowest BCUT2D eigenvalue weighted by atomic mass is 9.80. The zero-order chi connectivity index (χ0) is 11.1. The Labute approximate surface area is 91.0 Å². The fraction of sp³-hybridized carbons (Fsp3) is 0.900. The fourth-order valence-electron chi connectivity index (χ4n) is 1.56. The predicted molar refractivity (Wildman–Crippen MR) is 60.0 cm³/mol. The van der Waals surface area contributed by atoms with Crippen molar-refractivity contribution < 1.29 is 9.47 Å². The molecule has 88 valence electrons. The highest BCUT2D eigenvalue weighted by molar-refractivity contribution is 5.77. The number of nitrogens with zero attached hydrogens (tertiary/aromatic N) is 1. The molecule has 1 aliphatic rings. The van der Waals surface area contributed by atoms with Gasteiger partial charge in [-0.2, -0.15) is 0 Å². The molecule has 0 aliphatic heterocycles. The zero-order valence-corrected chi connectivity index (χ0v) is 9.58. The number of guanidine groups is 1. The second-order valence-corrected chi connectivity index (χ2v) is 3.86. The third-order valence-corrected chi connectivity index (χ3v) is 2.85. The summed E-state index contributed by atoms with van der Waals surface area (Å²) in [6.07, 6.45) is 3.39. The van der Waals surface area contributed by atoms with E-state index in [1.165, 1.54) is 6.42 Å². The lowest BCUT2D eigenvalue weighted by molar-refractivity contribution is -0.0630. The molecule has 1 aliphatic carbocycles. The molecule has 0 radical (unpaired) electrons. The Balaban J connectivity index is 2.23. The first-order valence-electron chi connectivity index (χ1n) is 5.30. The third kappa shape index (κ3) is 3.68. The maximum Gasteiger partial charge on any atom is 0.188 e. The number of nitrogens with two attached hydrogens (primary N) is 1. The van der Waals surface area contributed by atoms with Crippen LogP contribution < -0.4 is 11.1 Å². The summed E-state index contributed by atoms with van der Waals surface area (Å²) < 4.78 is 10.3. The molecule has 15 heavy (non-hydrogen) atoms. The Hall–Kier alpha value is -0.810. The predicted octanol–water partition coefficient (Wildman–Crippen LogP) is 0.106. The van der Waals surface area contributed by atoms with E-state index in [4.69, 9.17) is 15.2 Å². The molecule has 5 heteroatoms. The highest BCUT2D eigenvalue weighted by Crippen LogP contribution is 2.34. The second kappa shape index (κ2) is 5.92. The van der Waals surface area contributed by atoms with E-state index in [0.717, 1.165) is 12.8 Å². The van der Waals surface area contributed by atoms with Gasteiger partial charge < -0.3 is 20.5 Å². The average molecular weight is 215 g/mol. The van der Waals surface area contributed by atoms with Gasteiger partial charge in [-0.1, -0.05) is 0 Å². The van der Waals surface area contributed by atoms with Gasteiger partial charge in [-0.3, -0.25) is 4.99 Å². The highest BCUT2D eigenvalue weighted by Gasteiger charge is 2.36. The van der Waals surface area contributed by atoms with Gasteiger partial charge in [-0.05, 0) is 19.3 Å². The van der Waals surface area contributed by atoms with Gasteiger partial charge in [-0.25, -0.2) is 0 Å². The van der Waals surface area contributed by atoms with Crippen molar-refractivity contribution in [1.29, 1.82) is 0 Å². The van der Waals surface area contributed by atoms with Crippen LogP contribution in [0.4, 0.5) is 0 Å². The monoisotopic (exact) mass is 215 g/mol. The van der Waals surface area contributed by atoms with Gasteiger partial charge in [0.25, 0.3) is 0 Å². The molecule has 0 aromatic heterocycles. The summed E-state index contributed by atoms with van der Waals surface area (Å²) in [5.41, 5.74) is 5.63. The molecule has 0 atom stereocenters. The van der Waals surface area contributed by atoms with Crippen molar-refractivity contribution in [2.45, 2.75) is 24.9 Å². The largest absolute Gasteiger partial charge is 0.383 e. The van der Waals surface area contributed by atoms with Gasteiger partial charge in [0.1, 0.15) is 0 Å². The van der Waals surface area contributed by atoms with E-state index in [1.807, 2.05) is 0 Å². The quantitative estimate of drug-likeness (QED) is 0.375. The van der Waals surface area contributed by atoms with Crippen molar-refractivity contribution in [2.24, 2.45) is 10.7 Å². The molecule has 0 bridgehead atoms. The summed E-state index contributed by atoms with van der Waals surface area (Å²) in [5, 5.41) is 2.98. The Kier molecular flexibility index (Phi) is 4.84. The molecule has 3 N–H and O–H groups in total. The molecule has 0 aromatic carbocycles. The van der Waals surface area contributed by atoms with Crippen LogP contribution in [0.5, 0.6) is 0 Å². The van der Waals surface area contributed by atoms with E-state index in [2.05, 4.69) is 10.3 Å². The number of rotatable bonds is 6. The maximum atomic E-state index is 5.68. The van der Waals surface area contributed by atoms with E-state index in [9.17, 15) is 0 Å². The summed E-state index contributed by atoms with van der Waals surface area (Å²) in [7, 11) is 3.40. The first-order valence-corrected chi connectivity index (χ1v) is 5.30. The smallest absolute Gasteiger partial charge is 0.188 e. The van der Waals surface area contributed by atoms with Gasteiger partial charge in [0.05, 0.1) is 18.8 Å². The number of nitrogens with one attached hydrogen (secondary N) is 1. The van der Waals surface area contributed by atoms with Crippen LogP contribution in [0.1, 0.15) is 19.3 Å². The summed E-state index contributed by atoms with van der Waals surface area (Å²) in [6, 6.07) is 0. The lowest BCUT2D eigenvalue weighted by Crippen LogP contribution is -2.44. The van der Waals surface area contributed by atoms with E-state index in [0.29, 0.717) is 25.7 Å². The Morgan fingerprint density at radius 3 is 2.67 bits per heavy atom. The number of hydrogen-bond donors (Lipinski definition) is 2. The minimum absolute atomic E-state index is 0.0481. The number of methoxy groups -OCH3 is 2. The van der Waals surface area contributed by atoms with Crippen LogP contribution in [-0.2, 0) is 9.47 Å². The van der Waals surface area contributed by atoms with Crippen LogP contribution in [0, 0.1) is 0 Å². The molecular formula is C10H21N3O2. The van der Waals surface area contributed by atoms with Crippen molar-refractivity contribution in [3.63, 3.8) is 0 Å². The third-order valence-electron chi connectivity index (χ3n) is 2.85. The molecule has 0 saturated heterocycles. The van der Waals surface area contributed by atoms with E-state index in [-0.39, 0.29) is 5.60 Å².